The van der Waals surface area contributed by atoms with Gasteiger partial charge in [0.15, 0.2) is 0 Å². The van der Waals surface area contributed by atoms with E-state index in [2.05, 4.69) is 40.0 Å². The van der Waals surface area contributed by atoms with E-state index in [0.29, 0.717) is 11.3 Å². The van der Waals surface area contributed by atoms with Crippen LogP contribution in [0.1, 0.15) is 83.3 Å². The molecule has 20 heavy (non-hydrogen) atoms. The molecule has 0 saturated heterocycles. The number of nitrogens with zero attached hydrogens (tertiary/aromatic N) is 1. The summed E-state index contributed by atoms with van der Waals surface area (Å²) in [5, 5.41) is 3.45. The number of rotatable bonds is 5. The summed E-state index contributed by atoms with van der Waals surface area (Å²) >= 11 is 1.80. The van der Waals surface area contributed by atoms with Gasteiger partial charge < -0.3 is 4.74 Å². The molecule has 1 heterocycles. The van der Waals surface area contributed by atoms with Crippen LogP contribution in [0, 0.1) is 5.41 Å². The Morgan fingerprint density at radius 2 is 1.90 bits per heavy atom. The second-order valence-electron chi connectivity index (χ2n) is 6.98. The summed E-state index contributed by atoms with van der Waals surface area (Å²) in [6.45, 7) is 12.1. The molecule has 0 N–H and O–H groups in total. The first-order chi connectivity index (χ1) is 9.42. The quantitative estimate of drug-likeness (QED) is 0.716. The van der Waals surface area contributed by atoms with Crippen LogP contribution in [0.4, 0.5) is 0 Å². The van der Waals surface area contributed by atoms with Crippen LogP contribution in [-0.2, 0) is 10.3 Å². The van der Waals surface area contributed by atoms with E-state index >= 15 is 0 Å². The van der Waals surface area contributed by atoms with Gasteiger partial charge in [0.25, 0.3) is 0 Å². The zero-order valence-electron chi connectivity index (χ0n) is 13.7. The first-order valence-corrected chi connectivity index (χ1v) is 8.90. The molecule has 1 atom stereocenters. The fraction of sp³-hybridized carbons (Fsp3) is 0.824. The molecule has 1 aliphatic rings. The van der Waals surface area contributed by atoms with Gasteiger partial charge in [-0.25, -0.2) is 4.98 Å². The molecule has 0 aliphatic heterocycles. The third-order valence-electron chi connectivity index (χ3n) is 4.86. The van der Waals surface area contributed by atoms with Crippen molar-refractivity contribution in [1.82, 2.24) is 4.98 Å². The average Bonchev–Trinajstić information content (AvgIpc) is 2.91. The predicted molar refractivity (Wildman–Crippen MR) is 86.4 cm³/mol. The van der Waals surface area contributed by atoms with Crippen LogP contribution in [0.25, 0.3) is 0 Å². The van der Waals surface area contributed by atoms with E-state index in [9.17, 15) is 0 Å². The highest BCUT2D eigenvalue weighted by Crippen LogP contribution is 2.48. The second-order valence-corrected chi connectivity index (χ2v) is 7.84. The summed E-state index contributed by atoms with van der Waals surface area (Å²) in [6, 6.07) is 0. The Bertz CT molecular complexity index is 428. The van der Waals surface area contributed by atoms with E-state index in [1.807, 2.05) is 0 Å². The van der Waals surface area contributed by atoms with E-state index in [1.54, 1.807) is 11.3 Å². The maximum absolute atomic E-state index is 6.22. The Hall–Kier alpha value is -0.410. The Labute approximate surface area is 128 Å². The normalized spacial score (nSPS) is 22.6. The van der Waals surface area contributed by atoms with E-state index in [1.165, 1.54) is 23.5 Å². The number of hydrogen-bond acceptors (Lipinski definition) is 3. The lowest BCUT2D eigenvalue weighted by Crippen LogP contribution is -2.37. The lowest BCUT2D eigenvalue weighted by molar-refractivity contribution is -0.0891. The number of thiazole rings is 1. The molecule has 1 aliphatic carbocycles. The fourth-order valence-corrected chi connectivity index (χ4v) is 4.11. The molecule has 2 rings (SSSR count). The van der Waals surface area contributed by atoms with E-state index in [0.717, 1.165) is 25.9 Å². The molecule has 2 nitrogen and oxygen atoms in total. The fourth-order valence-electron chi connectivity index (χ4n) is 2.96. The molecule has 0 amide bonds. The average molecular weight is 295 g/mol. The number of aromatic nitrogens is 1. The maximum Gasteiger partial charge on any atom is 0.125 e. The smallest absolute Gasteiger partial charge is 0.125 e. The van der Waals surface area contributed by atoms with Gasteiger partial charge in [0.2, 0.25) is 0 Å². The second kappa shape index (κ2) is 6.15. The molecular formula is C17H29NOS. The van der Waals surface area contributed by atoms with Crippen LogP contribution in [0.2, 0.25) is 0 Å². The van der Waals surface area contributed by atoms with Gasteiger partial charge in [-0.15, -0.1) is 11.3 Å². The minimum atomic E-state index is -0.110. The minimum Gasteiger partial charge on any atom is -0.368 e. The summed E-state index contributed by atoms with van der Waals surface area (Å²) < 4.78 is 6.22. The van der Waals surface area contributed by atoms with Crippen LogP contribution >= 0.6 is 11.3 Å². The molecular weight excluding hydrogens is 266 g/mol. The van der Waals surface area contributed by atoms with Gasteiger partial charge in [-0.1, -0.05) is 27.7 Å². The van der Waals surface area contributed by atoms with Crippen LogP contribution in [0.3, 0.4) is 0 Å². The van der Waals surface area contributed by atoms with Gasteiger partial charge in [-0.3, -0.25) is 0 Å². The van der Waals surface area contributed by atoms with Crippen molar-refractivity contribution in [2.24, 2.45) is 5.41 Å². The molecule has 114 valence electrons. The van der Waals surface area contributed by atoms with Gasteiger partial charge in [0, 0.05) is 12.0 Å². The first-order valence-electron chi connectivity index (χ1n) is 8.02. The highest BCUT2D eigenvalue weighted by Gasteiger charge is 2.42. The van der Waals surface area contributed by atoms with Crippen LogP contribution in [0.15, 0.2) is 5.38 Å². The summed E-state index contributed by atoms with van der Waals surface area (Å²) in [7, 11) is 0. The van der Waals surface area contributed by atoms with Gasteiger partial charge in [-0.2, -0.15) is 0 Å². The van der Waals surface area contributed by atoms with Crippen molar-refractivity contribution in [1.29, 1.82) is 0 Å². The molecule has 0 bridgehead atoms. The predicted octanol–water partition coefficient (Wildman–Crippen LogP) is 5.49. The molecule has 1 aromatic rings. The van der Waals surface area contributed by atoms with Crippen molar-refractivity contribution in [2.45, 2.75) is 78.2 Å². The van der Waals surface area contributed by atoms with E-state index < -0.39 is 0 Å². The standard InChI is InChI=1S/C17H29NOS/c1-6-13(3)14-12-20-15(18-14)17(19-7-2)10-8-16(4,5)9-11-17/h12-13H,6-11H2,1-5H3. The summed E-state index contributed by atoms with van der Waals surface area (Å²) in [6.07, 6.45) is 5.83. The zero-order valence-corrected chi connectivity index (χ0v) is 14.5. The minimum absolute atomic E-state index is 0.110. The van der Waals surface area contributed by atoms with Gasteiger partial charge in [0.1, 0.15) is 10.6 Å². The van der Waals surface area contributed by atoms with Crippen molar-refractivity contribution in [3.05, 3.63) is 16.1 Å². The Morgan fingerprint density at radius 3 is 2.45 bits per heavy atom. The van der Waals surface area contributed by atoms with Crippen molar-refractivity contribution in [3.63, 3.8) is 0 Å². The molecule has 0 aromatic carbocycles. The van der Waals surface area contributed by atoms with Crippen molar-refractivity contribution >= 4 is 11.3 Å². The van der Waals surface area contributed by atoms with Gasteiger partial charge in [0.05, 0.1) is 5.69 Å². The maximum atomic E-state index is 6.22. The molecule has 1 unspecified atom stereocenters. The van der Waals surface area contributed by atoms with Crippen molar-refractivity contribution in [2.75, 3.05) is 6.61 Å². The topological polar surface area (TPSA) is 22.1 Å². The summed E-state index contributed by atoms with van der Waals surface area (Å²) in [4.78, 5) is 4.94. The molecule has 0 radical (unpaired) electrons. The first kappa shape index (κ1) is 16.0. The van der Waals surface area contributed by atoms with Gasteiger partial charge >= 0.3 is 0 Å². The molecule has 1 saturated carbocycles. The highest BCUT2D eigenvalue weighted by atomic mass is 32.1. The lowest BCUT2D eigenvalue weighted by atomic mass is 9.71. The van der Waals surface area contributed by atoms with Crippen LogP contribution < -0.4 is 0 Å². The largest absolute Gasteiger partial charge is 0.368 e. The third-order valence-corrected chi connectivity index (χ3v) is 5.91. The molecule has 1 aromatic heterocycles. The van der Waals surface area contributed by atoms with E-state index in [4.69, 9.17) is 9.72 Å². The number of ether oxygens (including phenoxy) is 1. The number of hydrogen-bond donors (Lipinski definition) is 0. The third kappa shape index (κ3) is 3.25. The Balaban J connectivity index is 2.22. The monoisotopic (exact) mass is 295 g/mol. The highest BCUT2D eigenvalue weighted by molar-refractivity contribution is 7.09. The van der Waals surface area contributed by atoms with Crippen molar-refractivity contribution < 1.29 is 4.74 Å². The SMILES string of the molecule is CCOC1(c2nc(C(C)CC)cs2)CCC(C)(C)CC1. The van der Waals surface area contributed by atoms with E-state index in [-0.39, 0.29) is 5.60 Å². The molecule has 0 spiro atoms. The Kier molecular flexibility index (Phi) is 4.91. The Morgan fingerprint density at radius 1 is 1.25 bits per heavy atom. The molecule has 3 heteroatoms. The van der Waals surface area contributed by atoms with Crippen LogP contribution in [-0.4, -0.2) is 11.6 Å². The zero-order chi connectivity index (χ0) is 14.8. The van der Waals surface area contributed by atoms with Crippen LogP contribution in [0.5, 0.6) is 0 Å². The van der Waals surface area contributed by atoms with Crippen molar-refractivity contribution in [3.8, 4) is 0 Å². The summed E-state index contributed by atoms with van der Waals surface area (Å²) in [5.74, 6) is 0.554. The molecule has 1 fully saturated rings. The summed E-state index contributed by atoms with van der Waals surface area (Å²) in [5.41, 5.74) is 1.59. The lowest BCUT2D eigenvalue weighted by Gasteiger charge is -2.42. The van der Waals surface area contributed by atoms with Gasteiger partial charge in [-0.05, 0) is 50.4 Å².